The van der Waals surface area contributed by atoms with E-state index in [1.807, 2.05) is 0 Å². The van der Waals surface area contributed by atoms with Gasteiger partial charge in [-0.05, 0) is 19.1 Å². The van der Waals surface area contributed by atoms with E-state index in [0.717, 1.165) is 6.07 Å². The molecule has 0 saturated heterocycles. The van der Waals surface area contributed by atoms with E-state index < -0.39 is 23.8 Å². The van der Waals surface area contributed by atoms with Gasteiger partial charge in [0.15, 0.2) is 11.4 Å². The number of pyridine rings is 1. The Hall–Kier alpha value is -1.79. The molecule has 0 radical (unpaired) electrons. The number of ether oxygens (including phenoxy) is 2. The number of aromatic nitrogens is 1. The smallest absolute Gasteiger partial charge is 0.461 e. The molecule has 0 amide bonds. The number of carbonyl (C=O) groups excluding carboxylic acids is 1. The Labute approximate surface area is 89.0 Å². The first-order valence-corrected chi connectivity index (χ1v) is 4.32. The van der Waals surface area contributed by atoms with E-state index in [2.05, 4.69) is 14.5 Å². The Bertz CT molecular complexity index is 379. The van der Waals surface area contributed by atoms with Crippen LogP contribution in [0.1, 0.15) is 17.4 Å². The molecule has 1 rings (SSSR count). The van der Waals surface area contributed by atoms with E-state index >= 15 is 0 Å². The van der Waals surface area contributed by atoms with Crippen LogP contribution in [0.3, 0.4) is 0 Å². The van der Waals surface area contributed by atoms with Crippen molar-refractivity contribution >= 4 is 5.97 Å². The van der Waals surface area contributed by atoms with Crippen LogP contribution in [0, 0.1) is 0 Å². The van der Waals surface area contributed by atoms with Crippen molar-refractivity contribution in [2.75, 3.05) is 6.61 Å². The second-order valence-corrected chi connectivity index (χ2v) is 2.62. The van der Waals surface area contributed by atoms with Crippen molar-refractivity contribution in [1.82, 2.24) is 4.98 Å². The van der Waals surface area contributed by atoms with Gasteiger partial charge in [0.25, 0.3) is 0 Å². The van der Waals surface area contributed by atoms with Gasteiger partial charge in [0.1, 0.15) is 0 Å². The van der Waals surface area contributed by atoms with Crippen LogP contribution >= 0.6 is 0 Å². The van der Waals surface area contributed by atoms with Gasteiger partial charge < -0.3 is 9.47 Å². The molecule has 0 spiro atoms. The summed E-state index contributed by atoms with van der Waals surface area (Å²) in [5.74, 6) is -1.63. The van der Waals surface area contributed by atoms with Crippen molar-refractivity contribution in [2.45, 2.75) is 13.3 Å². The van der Waals surface area contributed by atoms with Crippen LogP contribution in [0.2, 0.25) is 0 Å². The van der Waals surface area contributed by atoms with Gasteiger partial charge in [0, 0.05) is 6.20 Å². The first-order valence-electron chi connectivity index (χ1n) is 4.32. The Kier molecular flexibility index (Phi) is 3.70. The van der Waals surface area contributed by atoms with Crippen LogP contribution in [-0.4, -0.2) is 23.9 Å². The summed E-state index contributed by atoms with van der Waals surface area (Å²) < 4.78 is 44.1. The molecule has 0 unspecified atom stereocenters. The summed E-state index contributed by atoms with van der Waals surface area (Å²) in [5, 5.41) is 0. The number of carbonyl (C=O) groups is 1. The Morgan fingerprint density at radius 3 is 2.75 bits per heavy atom. The van der Waals surface area contributed by atoms with E-state index in [-0.39, 0.29) is 6.61 Å². The maximum atomic E-state index is 12.0. The molecule has 1 aromatic heterocycles. The molecule has 0 atom stereocenters. The SMILES string of the molecule is CCOC(=O)c1ncccc1OC(F)(F)F. The lowest BCUT2D eigenvalue weighted by molar-refractivity contribution is -0.274. The van der Waals surface area contributed by atoms with Crippen LogP contribution < -0.4 is 4.74 Å². The number of hydrogen-bond acceptors (Lipinski definition) is 4. The maximum absolute atomic E-state index is 12.0. The molecule has 0 bridgehead atoms. The van der Waals surface area contributed by atoms with Crippen molar-refractivity contribution < 1.29 is 27.4 Å². The quantitative estimate of drug-likeness (QED) is 0.753. The molecule has 7 heteroatoms. The highest BCUT2D eigenvalue weighted by atomic mass is 19.4. The average molecular weight is 235 g/mol. The summed E-state index contributed by atoms with van der Waals surface area (Å²) in [4.78, 5) is 14.7. The molecule has 0 N–H and O–H groups in total. The van der Waals surface area contributed by atoms with Gasteiger partial charge in [0.2, 0.25) is 0 Å². The third kappa shape index (κ3) is 3.41. The third-order valence-corrected chi connectivity index (χ3v) is 1.47. The molecular formula is C9H8F3NO3. The van der Waals surface area contributed by atoms with Crippen molar-refractivity contribution in [2.24, 2.45) is 0 Å². The van der Waals surface area contributed by atoms with Gasteiger partial charge in [-0.2, -0.15) is 0 Å². The van der Waals surface area contributed by atoms with Crippen LogP contribution in [-0.2, 0) is 4.74 Å². The molecule has 0 aromatic carbocycles. The van der Waals surface area contributed by atoms with Gasteiger partial charge in [0.05, 0.1) is 6.61 Å². The minimum Gasteiger partial charge on any atom is -0.461 e. The normalized spacial score (nSPS) is 11.0. The zero-order valence-electron chi connectivity index (χ0n) is 8.25. The van der Waals surface area contributed by atoms with Crippen molar-refractivity contribution in [3.8, 4) is 5.75 Å². The largest absolute Gasteiger partial charge is 0.573 e. The third-order valence-electron chi connectivity index (χ3n) is 1.47. The zero-order valence-corrected chi connectivity index (χ0v) is 8.25. The van der Waals surface area contributed by atoms with Crippen LogP contribution in [0.25, 0.3) is 0 Å². The predicted molar refractivity (Wildman–Crippen MR) is 46.9 cm³/mol. The van der Waals surface area contributed by atoms with Crippen LogP contribution in [0.15, 0.2) is 18.3 Å². The summed E-state index contributed by atoms with van der Waals surface area (Å²) in [6.45, 7) is 1.58. The number of halogens is 3. The monoisotopic (exact) mass is 235 g/mol. The van der Waals surface area contributed by atoms with E-state index in [4.69, 9.17) is 0 Å². The van der Waals surface area contributed by atoms with Crippen LogP contribution in [0.4, 0.5) is 13.2 Å². The molecule has 4 nitrogen and oxygen atoms in total. The molecular weight excluding hydrogens is 227 g/mol. The minimum absolute atomic E-state index is 0.0425. The van der Waals surface area contributed by atoms with E-state index in [0.29, 0.717) is 0 Å². The predicted octanol–water partition coefficient (Wildman–Crippen LogP) is 2.16. The summed E-state index contributed by atoms with van der Waals surface area (Å²) in [6, 6.07) is 2.22. The van der Waals surface area contributed by atoms with Crippen LogP contribution in [0.5, 0.6) is 5.75 Å². The standard InChI is InChI=1S/C9H8F3NO3/c1-2-15-8(14)7-6(4-3-5-13-7)16-9(10,11)12/h3-5H,2H2,1H3. The Morgan fingerprint density at radius 1 is 1.50 bits per heavy atom. The minimum atomic E-state index is -4.87. The lowest BCUT2D eigenvalue weighted by atomic mass is 10.3. The fourth-order valence-corrected chi connectivity index (χ4v) is 0.950. The first kappa shape index (κ1) is 12.3. The molecule has 0 saturated carbocycles. The molecule has 16 heavy (non-hydrogen) atoms. The molecule has 88 valence electrons. The number of rotatable bonds is 3. The van der Waals surface area contributed by atoms with Gasteiger partial charge in [-0.1, -0.05) is 0 Å². The van der Waals surface area contributed by atoms with Crippen molar-refractivity contribution in [1.29, 1.82) is 0 Å². The second kappa shape index (κ2) is 4.82. The molecule has 1 aromatic rings. The summed E-state index contributed by atoms with van der Waals surface area (Å²) in [6.07, 6.45) is -3.69. The number of nitrogens with zero attached hydrogens (tertiary/aromatic N) is 1. The number of hydrogen-bond donors (Lipinski definition) is 0. The fraction of sp³-hybridized carbons (Fsp3) is 0.333. The van der Waals surface area contributed by atoms with Gasteiger partial charge in [-0.15, -0.1) is 13.2 Å². The molecule has 1 heterocycles. The summed E-state index contributed by atoms with van der Waals surface area (Å²) in [7, 11) is 0. The summed E-state index contributed by atoms with van der Waals surface area (Å²) >= 11 is 0. The second-order valence-electron chi connectivity index (χ2n) is 2.62. The van der Waals surface area contributed by atoms with Crippen molar-refractivity contribution in [3.05, 3.63) is 24.0 Å². The van der Waals surface area contributed by atoms with Gasteiger partial charge in [-0.3, -0.25) is 0 Å². The molecule has 0 fully saturated rings. The number of esters is 1. The lowest BCUT2D eigenvalue weighted by Gasteiger charge is -2.11. The zero-order chi connectivity index (χ0) is 12.2. The Morgan fingerprint density at radius 2 is 2.19 bits per heavy atom. The highest BCUT2D eigenvalue weighted by Gasteiger charge is 2.33. The highest BCUT2D eigenvalue weighted by Crippen LogP contribution is 2.25. The first-order chi connectivity index (χ1) is 7.44. The molecule has 0 aliphatic heterocycles. The van der Waals surface area contributed by atoms with E-state index in [9.17, 15) is 18.0 Å². The van der Waals surface area contributed by atoms with Crippen molar-refractivity contribution in [3.63, 3.8) is 0 Å². The van der Waals surface area contributed by atoms with E-state index in [1.54, 1.807) is 0 Å². The summed E-state index contributed by atoms with van der Waals surface area (Å²) in [5.41, 5.74) is -0.498. The maximum Gasteiger partial charge on any atom is 0.573 e. The lowest BCUT2D eigenvalue weighted by Crippen LogP contribution is -2.20. The average Bonchev–Trinajstić information content (AvgIpc) is 2.16. The fourth-order valence-electron chi connectivity index (χ4n) is 0.950. The van der Waals surface area contributed by atoms with Gasteiger partial charge in [-0.25, -0.2) is 9.78 Å². The molecule has 0 aliphatic rings. The topological polar surface area (TPSA) is 48.4 Å². The highest BCUT2D eigenvalue weighted by molar-refractivity contribution is 5.90. The molecule has 0 aliphatic carbocycles. The number of alkyl halides is 3. The van der Waals surface area contributed by atoms with E-state index in [1.165, 1.54) is 19.2 Å². The van der Waals surface area contributed by atoms with Gasteiger partial charge >= 0.3 is 12.3 Å². The Balaban J connectivity index is 2.96.